The predicted molar refractivity (Wildman–Crippen MR) is 109 cm³/mol. The summed E-state index contributed by atoms with van der Waals surface area (Å²) in [6.45, 7) is 2.10. The third-order valence-electron chi connectivity index (χ3n) is 4.26. The van der Waals surface area contributed by atoms with Crippen molar-refractivity contribution in [3.05, 3.63) is 71.8 Å². The molecule has 2 N–H and O–H groups in total. The van der Waals surface area contributed by atoms with Crippen LogP contribution in [-0.2, 0) is 27.4 Å². The van der Waals surface area contributed by atoms with Crippen LogP contribution in [0.25, 0.3) is 0 Å². The molecule has 0 unspecified atom stereocenters. The number of rotatable bonds is 6. The van der Waals surface area contributed by atoms with Crippen LogP contribution in [-0.4, -0.2) is 65.9 Å². The van der Waals surface area contributed by atoms with E-state index < -0.39 is 0 Å². The molecule has 160 valence electrons. The number of aliphatic imine (C=N–C) groups is 1. The molecule has 8 nitrogen and oxygen atoms in total. The average Bonchev–Trinajstić information content (AvgIpc) is 3.58. The minimum Gasteiger partial charge on any atom is -0.447 e. The molecule has 2 aromatic carbocycles. The van der Waals surface area contributed by atoms with Crippen molar-refractivity contribution in [2.24, 2.45) is 4.99 Å². The summed E-state index contributed by atoms with van der Waals surface area (Å²) in [5, 5.41) is 17.1. The van der Waals surface area contributed by atoms with Crippen LogP contribution in [0.3, 0.4) is 0 Å². The molecule has 2 fully saturated rings. The predicted octanol–water partition coefficient (Wildman–Crippen LogP) is 1.90. The summed E-state index contributed by atoms with van der Waals surface area (Å²) >= 11 is 0. The third-order valence-corrected chi connectivity index (χ3v) is 4.26. The molecule has 2 atom stereocenters. The molecule has 0 bridgehead atoms. The van der Waals surface area contributed by atoms with Crippen molar-refractivity contribution in [3.8, 4) is 0 Å². The third kappa shape index (κ3) is 8.55. The Balaban J connectivity index is 0.000000183. The van der Waals surface area contributed by atoms with Gasteiger partial charge >= 0.3 is 6.09 Å². The number of benzene rings is 2. The van der Waals surface area contributed by atoms with E-state index in [2.05, 4.69) is 9.73 Å². The van der Waals surface area contributed by atoms with Crippen LogP contribution >= 0.6 is 0 Å². The SMILES string of the molecule is O=C1OC[C@@H](CO)N1Cc1ccccc1.O=C=NCc1ccccc1.OC[C@@H]1CO1. The molecule has 2 saturated heterocycles. The Labute approximate surface area is 175 Å². The molecule has 0 aromatic heterocycles. The molecule has 2 aromatic rings. The monoisotopic (exact) mass is 414 g/mol. The number of carbonyl (C=O) groups is 1. The van der Waals surface area contributed by atoms with Gasteiger partial charge in [0.2, 0.25) is 6.08 Å². The van der Waals surface area contributed by atoms with Crippen LogP contribution in [0.1, 0.15) is 11.1 Å². The highest BCUT2D eigenvalue weighted by molar-refractivity contribution is 5.70. The highest BCUT2D eigenvalue weighted by atomic mass is 16.6. The molecule has 1 amide bonds. The number of aliphatic hydroxyl groups excluding tert-OH is 2. The Hall–Kier alpha value is -3.03. The minimum atomic E-state index is -0.349. The fourth-order valence-electron chi connectivity index (χ4n) is 2.49. The number of hydrogen-bond acceptors (Lipinski definition) is 7. The summed E-state index contributed by atoms with van der Waals surface area (Å²) in [6.07, 6.45) is 1.33. The van der Waals surface area contributed by atoms with Gasteiger partial charge in [-0.2, -0.15) is 0 Å². The summed E-state index contributed by atoms with van der Waals surface area (Å²) in [7, 11) is 0. The Bertz CT molecular complexity index is 792. The fourth-order valence-corrected chi connectivity index (χ4v) is 2.49. The number of nitrogens with zero attached hydrogens (tertiary/aromatic N) is 2. The zero-order valence-corrected chi connectivity index (χ0v) is 16.6. The fraction of sp³-hybridized carbons (Fsp3) is 0.364. The van der Waals surface area contributed by atoms with E-state index in [0.717, 1.165) is 17.7 Å². The van der Waals surface area contributed by atoms with Gasteiger partial charge in [-0.05, 0) is 11.1 Å². The normalized spacial score (nSPS) is 18.7. The van der Waals surface area contributed by atoms with Gasteiger partial charge in [0.25, 0.3) is 0 Å². The maximum Gasteiger partial charge on any atom is 0.410 e. The van der Waals surface area contributed by atoms with E-state index in [1.54, 1.807) is 4.90 Å². The van der Waals surface area contributed by atoms with Gasteiger partial charge in [0.05, 0.1) is 32.4 Å². The van der Waals surface area contributed by atoms with Crippen LogP contribution in [0, 0.1) is 0 Å². The van der Waals surface area contributed by atoms with Gasteiger partial charge in [-0.1, -0.05) is 60.7 Å². The van der Waals surface area contributed by atoms with Crippen LogP contribution in [0.2, 0.25) is 0 Å². The first-order valence-corrected chi connectivity index (χ1v) is 9.56. The van der Waals surface area contributed by atoms with Gasteiger partial charge in [0, 0.05) is 6.54 Å². The second-order valence-corrected chi connectivity index (χ2v) is 6.56. The number of hydrogen-bond donors (Lipinski definition) is 2. The van der Waals surface area contributed by atoms with Gasteiger partial charge in [0.15, 0.2) is 0 Å². The van der Waals surface area contributed by atoms with E-state index in [0.29, 0.717) is 13.1 Å². The quantitative estimate of drug-likeness (QED) is 0.424. The summed E-state index contributed by atoms with van der Waals surface area (Å²) in [5.74, 6) is 0. The van der Waals surface area contributed by atoms with Crippen LogP contribution in [0.5, 0.6) is 0 Å². The highest BCUT2D eigenvalue weighted by Crippen LogP contribution is 2.15. The van der Waals surface area contributed by atoms with Crippen molar-refractivity contribution in [2.45, 2.75) is 25.2 Å². The zero-order chi connectivity index (χ0) is 21.6. The van der Waals surface area contributed by atoms with Gasteiger partial charge in [-0.25, -0.2) is 14.6 Å². The number of ether oxygens (including phenoxy) is 2. The number of isocyanates is 1. The first-order valence-electron chi connectivity index (χ1n) is 9.56. The van der Waals surface area contributed by atoms with Crippen molar-refractivity contribution in [3.63, 3.8) is 0 Å². The standard InChI is InChI=1S/C11H13NO3.C8H7NO.C3H6O2/c13-7-10-8-15-11(14)12(10)6-9-4-2-1-3-5-9;10-7-9-6-8-4-2-1-3-5-8;4-1-3-2-5-3/h1-5,10,13H,6-8H2;1-5H,6H2;3-4H,1-2H2/t10-;;3-/m1.1/s1. The topological polar surface area (TPSA) is 112 Å². The molecule has 2 aliphatic heterocycles. The molecule has 0 aliphatic carbocycles. The van der Waals surface area contributed by atoms with E-state index in [1.165, 1.54) is 6.08 Å². The summed E-state index contributed by atoms with van der Waals surface area (Å²) in [6, 6.07) is 19.0. The van der Waals surface area contributed by atoms with Crippen molar-refractivity contribution >= 4 is 12.2 Å². The second kappa shape index (κ2) is 13.2. The van der Waals surface area contributed by atoms with Crippen molar-refractivity contribution < 1.29 is 29.3 Å². The van der Waals surface area contributed by atoms with Gasteiger partial charge < -0.3 is 19.7 Å². The van der Waals surface area contributed by atoms with Crippen LogP contribution in [0.4, 0.5) is 4.79 Å². The van der Waals surface area contributed by atoms with Crippen molar-refractivity contribution in [2.75, 3.05) is 26.4 Å². The van der Waals surface area contributed by atoms with Crippen molar-refractivity contribution in [1.82, 2.24) is 4.90 Å². The lowest BCUT2D eigenvalue weighted by atomic mass is 10.2. The number of epoxide rings is 1. The largest absolute Gasteiger partial charge is 0.447 e. The maximum absolute atomic E-state index is 11.3. The zero-order valence-electron chi connectivity index (χ0n) is 16.6. The van der Waals surface area contributed by atoms with E-state index >= 15 is 0 Å². The number of cyclic esters (lactones) is 1. The molecule has 4 rings (SSSR count). The Morgan fingerprint density at radius 2 is 1.57 bits per heavy atom. The summed E-state index contributed by atoms with van der Waals surface area (Å²) < 4.78 is 9.48. The minimum absolute atomic E-state index is 0.0570. The van der Waals surface area contributed by atoms with Gasteiger partial charge in [-0.3, -0.25) is 4.90 Å². The molecule has 0 radical (unpaired) electrons. The lowest BCUT2D eigenvalue weighted by Gasteiger charge is -2.19. The lowest BCUT2D eigenvalue weighted by Crippen LogP contribution is -2.35. The maximum atomic E-state index is 11.3. The van der Waals surface area contributed by atoms with E-state index in [1.807, 2.05) is 60.7 Å². The Kier molecular flexibility index (Phi) is 10.3. The molecule has 2 heterocycles. The molecule has 2 aliphatic rings. The first-order chi connectivity index (χ1) is 14.7. The first kappa shape index (κ1) is 23.3. The van der Waals surface area contributed by atoms with E-state index in [4.69, 9.17) is 14.9 Å². The number of carbonyl (C=O) groups excluding carboxylic acids is 2. The number of aliphatic hydroxyl groups is 2. The van der Waals surface area contributed by atoms with Gasteiger partial charge in [0.1, 0.15) is 12.7 Å². The van der Waals surface area contributed by atoms with Crippen molar-refractivity contribution in [1.29, 1.82) is 0 Å². The van der Waals surface area contributed by atoms with Gasteiger partial charge in [-0.15, -0.1) is 0 Å². The van der Waals surface area contributed by atoms with Crippen LogP contribution < -0.4 is 0 Å². The van der Waals surface area contributed by atoms with Crippen LogP contribution in [0.15, 0.2) is 65.7 Å². The highest BCUT2D eigenvalue weighted by Gasteiger charge is 2.32. The molecule has 30 heavy (non-hydrogen) atoms. The summed E-state index contributed by atoms with van der Waals surface area (Å²) in [4.78, 5) is 26.0. The average molecular weight is 414 g/mol. The Morgan fingerprint density at radius 1 is 0.967 bits per heavy atom. The Morgan fingerprint density at radius 3 is 2.03 bits per heavy atom. The second-order valence-electron chi connectivity index (χ2n) is 6.56. The number of amides is 1. The summed E-state index contributed by atoms with van der Waals surface area (Å²) in [5.41, 5.74) is 2.07. The molecule has 0 spiro atoms. The molecular weight excluding hydrogens is 388 g/mol. The molecule has 0 saturated carbocycles. The van der Waals surface area contributed by atoms with E-state index in [-0.39, 0.29) is 38.1 Å². The molecular formula is C22H26N2O6. The smallest absolute Gasteiger partial charge is 0.410 e. The lowest BCUT2D eigenvalue weighted by molar-refractivity contribution is 0.151. The van der Waals surface area contributed by atoms with E-state index in [9.17, 15) is 9.59 Å². The molecule has 8 heteroatoms.